The van der Waals surface area contributed by atoms with Gasteiger partial charge in [0.05, 0.1) is 18.3 Å². The highest BCUT2D eigenvalue weighted by molar-refractivity contribution is 5.80. The van der Waals surface area contributed by atoms with Crippen molar-refractivity contribution in [1.29, 1.82) is 0 Å². The number of carboxylic acid groups (broad SMARTS) is 1. The number of carboxylic acids is 1. The third-order valence-corrected chi connectivity index (χ3v) is 4.84. The van der Waals surface area contributed by atoms with E-state index in [1.807, 2.05) is 31.2 Å². The Bertz CT molecular complexity index is 661. The van der Waals surface area contributed by atoms with Crippen LogP contribution in [0, 0.1) is 11.8 Å². The molecule has 1 rings (SSSR count). The molecule has 0 bridgehead atoms. The summed E-state index contributed by atoms with van der Waals surface area (Å²) in [7, 11) is 0. The monoisotopic (exact) mass is 420 g/mol. The van der Waals surface area contributed by atoms with Gasteiger partial charge in [0.15, 0.2) is 6.29 Å². The SMILES string of the molecule is CC(/C=C/C=C/C=C/C=C/C(=O)O)=C\[C@H](C)[C@@H](O[C@H]1C[C@H](O)[C@H](O)[C@@H](C)O1)C(C)C. The lowest BCUT2D eigenvalue weighted by molar-refractivity contribution is -0.267. The van der Waals surface area contributed by atoms with E-state index in [1.54, 1.807) is 19.1 Å². The van der Waals surface area contributed by atoms with Gasteiger partial charge in [0.25, 0.3) is 0 Å². The van der Waals surface area contributed by atoms with Crippen molar-refractivity contribution in [3.05, 3.63) is 60.3 Å². The van der Waals surface area contributed by atoms with Gasteiger partial charge < -0.3 is 24.8 Å². The van der Waals surface area contributed by atoms with E-state index in [2.05, 4.69) is 26.8 Å². The summed E-state index contributed by atoms with van der Waals surface area (Å²) in [6.07, 6.45) is 13.1. The van der Waals surface area contributed by atoms with E-state index in [4.69, 9.17) is 14.6 Å². The van der Waals surface area contributed by atoms with Crippen LogP contribution in [0.3, 0.4) is 0 Å². The summed E-state index contributed by atoms with van der Waals surface area (Å²) in [5.74, 6) is -0.595. The number of aliphatic hydroxyl groups excluding tert-OH is 2. The minimum absolute atomic E-state index is 0.0903. The second kappa shape index (κ2) is 13.3. The second-order valence-corrected chi connectivity index (χ2v) is 8.01. The minimum Gasteiger partial charge on any atom is -0.478 e. The third kappa shape index (κ3) is 9.67. The largest absolute Gasteiger partial charge is 0.478 e. The van der Waals surface area contributed by atoms with Crippen molar-refractivity contribution in [1.82, 2.24) is 0 Å². The highest BCUT2D eigenvalue weighted by atomic mass is 16.7. The first-order valence-corrected chi connectivity index (χ1v) is 10.4. The molecule has 0 amide bonds. The molecule has 1 aliphatic heterocycles. The van der Waals surface area contributed by atoms with Crippen molar-refractivity contribution in [2.45, 2.75) is 71.7 Å². The Hall–Kier alpha value is -1.99. The van der Waals surface area contributed by atoms with E-state index >= 15 is 0 Å². The molecule has 0 spiro atoms. The van der Waals surface area contributed by atoms with Gasteiger partial charge in [-0.1, -0.05) is 75.0 Å². The Balaban J connectivity index is 2.64. The van der Waals surface area contributed by atoms with E-state index in [0.717, 1.165) is 11.6 Å². The number of carbonyl (C=O) groups is 1. The molecule has 0 aromatic rings. The number of ether oxygens (including phenoxy) is 2. The van der Waals surface area contributed by atoms with Gasteiger partial charge in [0.2, 0.25) is 0 Å². The number of hydrogen-bond donors (Lipinski definition) is 3. The molecule has 6 atom stereocenters. The van der Waals surface area contributed by atoms with Gasteiger partial charge in [0.1, 0.15) is 6.10 Å². The molecule has 30 heavy (non-hydrogen) atoms. The molecule has 0 aromatic heterocycles. The molecule has 1 saturated heterocycles. The van der Waals surface area contributed by atoms with Gasteiger partial charge >= 0.3 is 5.97 Å². The Kier molecular flexibility index (Phi) is 11.6. The summed E-state index contributed by atoms with van der Waals surface area (Å²) in [4.78, 5) is 10.3. The predicted octanol–water partition coefficient (Wildman–Crippen LogP) is 3.78. The van der Waals surface area contributed by atoms with Crippen LogP contribution >= 0.6 is 0 Å². The van der Waals surface area contributed by atoms with Crippen molar-refractivity contribution in [3.63, 3.8) is 0 Å². The first-order chi connectivity index (χ1) is 14.1. The van der Waals surface area contributed by atoms with E-state index < -0.39 is 30.6 Å². The summed E-state index contributed by atoms with van der Waals surface area (Å²) in [5.41, 5.74) is 1.09. The molecule has 6 nitrogen and oxygen atoms in total. The van der Waals surface area contributed by atoms with Crippen LogP contribution in [0.2, 0.25) is 0 Å². The van der Waals surface area contributed by atoms with E-state index in [-0.39, 0.29) is 24.4 Å². The summed E-state index contributed by atoms with van der Waals surface area (Å²) >= 11 is 0. The first kappa shape index (κ1) is 26.0. The Labute approximate surface area is 179 Å². The van der Waals surface area contributed by atoms with Crippen LogP contribution in [-0.2, 0) is 14.3 Å². The number of allylic oxidation sites excluding steroid dienone is 8. The maximum Gasteiger partial charge on any atom is 0.328 e. The summed E-state index contributed by atoms with van der Waals surface area (Å²) in [6, 6.07) is 0. The maximum atomic E-state index is 10.3. The van der Waals surface area contributed by atoms with Crippen molar-refractivity contribution < 1.29 is 29.6 Å². The summed E-state index contributed by atoms with van der Waals surface area (Å²) < 4.78 is 11.9. The zero-order chi connectivity index (χ0) is 22.7. The van der Waals surface area contributed by atoms with Crippen molar-refractivity contribution in [2.24, 2.45) is 11.8 Å². The number of rotatable bonds is 10. The minimum atomic E-state index is -0.972. The molecule has 1 aliphatic rings. The normalized spacial score (nSPS) is 28.3. The van der Waals surface area contributed by atoms with Crippen LogP contribution in [-0.4, -0.2) is 52.0 Å². The highest BCUT2D eigenvalue weighted by Crippen LogP contribution is 2.27. The topological polar surface area (TPSA) is 96.2 Å². The average Bonchev–Trinajstić information content (AvgIpc) is 2.65. The molecule has 1 heterocycles. The quantitative estimate of drug-likeness (QED) is 0.368. The molecular formula is C24H36O6. The molecule has 3 N–H and O–H groups in total. The number of hydrogen-bond acceptors (Lipinski definition) is 5. The average molecular weight is 421 g/mol. The lowest BCUT2D eigenvalue weighted by Crippen LogP contribution is -2.49. The lowest BCUT2D eigenvalue weighted by atomic mass is 9.92. The highest BCUT2D eigenvalue weighted by Gasteiger charge is 2.36. The van der Waals surface area contributed by atoms with Crippen LogP contribution in [0.25, 0.3) is 0 Å². The summed E-state index contributed by atoms with van der Waals surface area (Å²) in [6.45, 7) is 10.0. The van der Waals surface area contributed by atoms with Gasteiger partial charge in [-0.3, -0.25) is 0 Å². The Morgan fingerprint density at radius 2 is 1.60 bits per heavy atom. The second-order valence-electron chi connectivity index (χ2n) is 8.01. The molecular weight excluding hydrogens is 384 g/mol. The fraction of sp³-hybridized carbons (Fsp3) is 0.542. The van der Waals surface area contributed by atoms with E-state index in [0.29, 0.717) is 0 Å². The van der Waals surface area contributed by atoms with E-state index in [1.165, 1.54) is 6.08 Å². The van der Waals surface area contributed by atoms with Crippen molar-refractivity contribution >= 4 is 5.97 Å². The zero-order valence-corrected chi connectivity index (χ0v) is 18.5. The van der Waals surface area contributed by atoms with Crippen molar-refractivity contribution in [2.75, 3.05) is 0 Å². The van der Waals surface area contributed by atoms with Crippen LogP contribution < -0.4 is 0 Å². The standard InChI is InChI=1S/C24H36O6/c1-16(2)24(30-22-15-20(25)23(28)19(5)29-22)18(4)14-17(3)12-10-8-6-7-9-11-13-21(26)27/h6-14,16,18-20,22-25,28H,15H2,1-5H3,(H,26,27)/b8-6+,9-7+,12-10+,13-11+,17-14+/t18-,19+,20-,22-,23+,24-/m0/s1. The number of aliphatic hydroxyl groups is 2. The first-order valence-electron chi connectivity index (χ1n) is 10.4. The smallest absolute Gasteiger partial charge is 0.328 e. The van der Waals surface area contributed by atoms with E-state index in [9.17, 15) is 15.0 Å². The van der Waals surface area contributed by atoms with Crippen LogP contribution in [0.4, 0.5) is 0 Å². The zero-order valence-electron chi connectivity index (χ0n) is 18.5. The molecule has 1 fully saturated rings. The predicted molar refractivity (Wildman–Crippen MR) is 118 cm³/mol. The summed E-state index contributed by atoms with van der Waals surface area (Å²) in [5, 5.41) is 28.3. The molecule has 0 unspecified atom stereocenters. The van der Waals surface area contributed by atoms with Crippen LogP contribution in [0.5, 0.6) is 0 Å². The van der Waals surface area contributed by atoms with Crippen molar-refractivity contribution in [3.8, 4) is 0 Å². The molecule has 6 heteroatoms. The maximum absolute atomic E-state index is 10.3. The fourth-order valence-corrected chi connectivity index (χ4v) is 3.34. The van der Waals surface area contributed by atoms with Gasteiger partial charge in [-0.15, -0.1) is 0 Å². The molecule has 168 valence electrons. The van der Waals surface area contributed by atoms with Crippen LogP contribution in [0.15, 0.2) is 60.3 Å². The van der Waals surface area contributed by atoms with Gasteiger partial charge in [-0.25, -0.2) is 4.79 Å². The van der Waals surface area contributed by atoms with Gasteiger partial charge in [0, 0.05) is 18.4 Å². The molecule has 0 aromatic carbocycles. The number of aliphatic carboxylic acids is 1. The lowest BCUT2D eigenvalue weighted by Gasteiger charge is -2.38. The molecule has 0 saturated carbocycles. The van der Waals surface area contributed by atoms with Crippen LogP contribution in [0.1, 0.15) is 41.0 Å². The Morgan fingerprint density at radius 3 is 2.13 bits per heavy atom. The Morgan fingerprint density at radius 1 is 1.03 bits per heavy atom. The molecule has 0 aliphatic carbocycles. The third-order valence-electron chi connectivity index (χ3n) is 4.84. The van der Waals surface area contributed by atoms with Gasteiger partial charge in [-0.05, 0) is 19.8 Å². The van der Waals surface area contributed by atoms with Gasteiger partial charge in [-0.2, -0.15) is 0 Å². The fourth-order valence-electron chi connectivity index (χ4n) is 3.34. The molecule has 0 radical (unpaired) electrons.